The molecule has 0 spiro atoms. The van der Waals surface area contributed by atoms with Crippen LogP contribution < -0.4 is 4.74 Å². The molecule has 4 nitrogen and oxygen atoms in total. The molecule has 2 N–H and O–H groups in total. The van der Waals surface area contributed by atoms with Crippen molar-refractivity contribution in [1.29, 1.82) is 0 Å². The van der Waals surface area contributed by atoms with Crippen molar-refractivity contribution < 1.29 is 37.3 Å². The maximum Gasteiger partial charge on any atom is 0.416 e. The standard InChI is InChI=1S/C25H26F4O4/c1-16(2)5-12-20-21(33-14-4-3-13-26)15-18(22(23(20)30)24(31)32)9-6-17-7-10-19(11-8-17)25(27,28)29/h5-11,15,30H,3-4,12-14H2,1-2H3,(H,31,32). The summed E-state index contributed by atoms with van der Waals surface area (Å²) in [5, 5.41) is 20.4. The van der Waals surface area contributed by atoms with E-state index < -0.39 is 30.1 Å². The van der Waals surface area contributed by atoms with Gasteiger partial charge in [-0.15, -0.1) is 0 Å². The van der Waals surface area contributed by atoms with E-state index in [-0.39, 0.29) is 29.9 Å². The molecule has 0 fully saturated rings. The molecule has 0 saturated carbocycles. The molecule has 2 aromatic carbocycles. The molecule has 2 aromatic rings. The van der Waals surface area contributed by atoms with Crippen LogP contribution in [0.5, 0.6) is 11.5 Å². The number of hydrogen-bond donors (Lipinski definition) is 2. The number of alkyl halides is 4. The van der Waals surface area contributed by atoms with Crippen LogP contribution in [0.25, 0.3) is 12.2 Å². The summed E-state index contributed by atoms with van der Waals surface area (Å²) in [4.78, 5) is 11.9. The van der Waals surface area contributed by atoms with Crippen LogP contribution in [0.4, 0.5) is 17.6 Å². The Morgan fingerprint density at radius 2 is 1.76 bits per heavy atom. The molecule has 0 aliphatic heterocycles. The Balaban J connectivity index is 2.48. The minimum absolute atomic E-state index is 0.126. The molecule has 0 saturated heterocycles. The van der Waals surface area contributed by atoms with Crippen molar-refractivity contribution in [2.24, 2.45) is 0 Å². The van der Waals surface area contributed by atoms with Gasteiger partial charge in [0.1, 0.15) is 17.1 Å². The lowest BCUT2D eigenvalue weighted by atomic mass is 9.97. The van der Waals surface area contributed by atoms with Crippen molar-refractivity contribution in [2.45, 2.75) is 39.3 Å². The second-order valence-corrected chi connectivity index (χ2v) is 7.65. The number of halogens is 4. The lowest BCUT2D eigenvalue weighted by Crippen LogP contribution is -2.07. The topological polar surface area (TPSA) is 66.8 Å². The van der Waals surface area contributed by atoms with Gasteiger partial charge in [-0.05, 0) is 62.4 Å². The summed E-state index contributed by atoms with van der Waals surface area (Å²) in [7, 11) is 0. The van der Waals surface area contributed by atoms with Gasteiger partial charge in [0.25, 0.3) is 0 Å². The van der Waals surface area contributed by atoms with Gasteiger partial charge in [-0.25, -0.2) is 4.79 Å². The fourth-order valence-corrected chi connectivity index (χ4v) is 3.04. The predicted octanol–water partition coefficient (Wildman–Crippen LogP) is 6.92. The summed E-state index contributed by atoms with van der Waals surface area (Å²) in [6.45, 7) is 3.41. The molecule has 178 valence electrons. The van der Waals surface area contributed by atoms with Gasteiger partial charge >= 0.3 is 12.1 Å². The van der Waals surface area contributed by atoms with Gasteiger partial charge in [0.2, 0.25) is 0 Å². The van der Waals surface area contributed by atoms with E-state index in [1.54, 1.807) is 0 Å². The summed E-state index contributed by atoms with van der Waals surface area (Å²) < 4.78 is 56.4. The van der Waals surface area contributed by atoms with Crippen LogP contribution in [0.3, 0.4) is 0 Å². The van der Waals surface area contributed by atoms with E-state index in [9.17, 15) is 32.6 Å². The van der Waals surface area contributed by atoms with Crippen molar-refractivity contribution in [1.82, 2.24) is 0 Å². The summed E-state index contributed by atoms with van der Waals surface area (Å²) >= 11 is 0. The maximum absolute atomic E-state index is 12.8. The van der Waals surface area contributed by atoms with Crippen LogP contribution in [-0.2, 0) is 12.6 Å². The van der Waals surface area contributed by atoms with Crippen molar-refractivity contribution >= 4 is 18.1 Å². The normalized spacial score (nSPS) is 11.6. The van der Waals surface area contributed by atoms with Gasteiger partial charge in [0.05, 0.1) is 18.8 Å². The van der Waals surface area contributed by atoms with E-state index in [0.717, 1.165) is 17.7 Å². The third-order valence-corrected chi connectivity index (χ3v) is 4.80. The van der Waals surface area contributed by atoms with Crippen molar-refractivity contribution in [3.63, 3.8) is 0 Å². The zero-order chi connectivity index (χ0) is 24.6. The summed E-state index contributed by atoms with van der Waals surface area (Å²) in [5.74, 6) is -1.54. The third kappa shape index (κ3) is 7.37. The Kier molecular flexibility index (Phi) is 9.08. The number of benzene rings is 2. The molecule has 0 radical (unpaired) electrons. The number of ether oxygens (including phenoxy) is 1. The van der Waals surface area contributed by atoms with Gasteiger partial charge in [-0.3, -0.25) is 4.39 Å². The molecular weight excluding hydrogens is 440 g/mol. The molecule has 8 heteroatoms. The zero-order valence-electron chi connectivity index (χ0n) is 18.4. The molecule has 0 unspecified atom stereocenters. The number of carbonyl (C=O) groups is 1. The first-order valence-corrected chi connectivity index (χ1v) is 10.3. The summed E-state index contributed by atoms with van der Waals surface area (Å²) in [6, 6.07) is 5.84. The van der Waals surface area contributed by atoms with Crippen LogP contribution in [-0.4, -0.2) is 29.5 Å². The third-order valence-electron chi connectivity index (χ3n) is 4.80. The van der Waals surface area contributed by atoms with Gasteiger partial charge in [0, 0.05) is 5.56 Å². The zero-order valence-corrected chi connectivity index (χ0v) is 18.4. The van der Waals surface area contributed by atoms with Crippen LogP contribution in [0.1, 0.15) is 59.3 Å². The Labute approximate surface area is 189 Å². The van der Waals surface area contributed by atoms with E-state index in [4.69, 9.17) is 4.74 Å². The average molecular weight is 466 g/mol. The highest BCUT2D eigenvalue weighted by molar-refractivity contribution is 5.97. The molecule has 0 atom stereocenters. The van der Waals surface area contributed by atoms with E-state index in [1.807, 2.05) is 19.9 Å². The van der Waals surface area contributed by atoms with Gasteiger partial charge in [-0.1, -0.05) is 35.9 Å². The first kappa shape index (κ1) is 26.0. The number of allylic oxidation sites excluding steroid dienone is 2. The molecular formula is C25H26F4O4. The second kappa shape index (κ2) is 11.5. The maximum atomic E-state index is 12.8. The minimum Gasteiger partial charge on any atom is -0.507 e. The van der Waals surface area contributed by atoms with Crippen LogP contribution in [0.15, 0.2) is 42.0 Å². The molecule has 0 bridgehead atoms. The number of hydrogen-bond acceptors (Lipinski definition) is 3. The highest BCUT2D eigenvalue weighted by atomic mass is 19.4. The van der Waals surface area contributed by atoms with Crippen molar-refractivity contribution in [3.8, 4) is 11.5 Å². The Morgan fingerprint density at radius 1 is 1.09 bits per heavy atom. The van der Waals surface area contributed by atoms with Crippen LogP contribution in [0.2, 0.25) is 0 Å². The van der Waals surface area contributed by atoms with Crippen LogP contribution >= 0.6 is 0 Å². The fraction of sp³-hybridized carbons (Fsp3) is 0.320. The molecule has 0 amide bonds. The summed E-state index contributed by atoms with van der Waals surface area (Å²) in [5.41, 5.74) is 0.656. The van der Waals surface area contributed by atoms with E-state index in [0.29, 0.717) is 24.0 Å². The number of aromatic hydroxyl groups is 1. The highest BCUT2D eigenvalue weighted by Crippen LogP contribution is 2.37. The molecule has 0 aliphatic carbocycles. The van der Waals surface area contributed by atoms with Gasteiger partial charge < -0.3 is 14.9 Å². The number of rotatable bonds is 10. The highest BCUT2D eigenvalue weighted by Gasteiger charge is 2.29. The number of phenols is 1. The Hall–Kier alpha value is -3.29. The van der Waals surface area contributed by atoms with Gasteiger partial charge in [-0.2, -0.15) is 13.2 Å². The first-order valence-electron chi connectivity index (χ1n) is 10.3. The predicted molar refractivity (Wildman–Crippen MR) is 119 cm³/mol. The molecule has 0 heterocycles. The molecule has 0 aliphatic rings. The number of carboxylic acid groups (broad SMARTS) is 1. The molecule has 0 aromatic heterocycles. The Bertz CT molecular complexity index is 1020. The largest absolute Gasteiger partial charge is 0.507 e. The van der Waals surface area contributed by atoms with Crippen LogP contribution in [0, 0.1) is 0 Å². The van der Waals surface area contributed by atoms with E-state index in [1.165, 1.54) is 30.4 Å². The Morgan fingerprint density at radius 3 is 2.30 bits per heavy atom. The number of carboxylic acids is 1. The van der Waals surface area contributed by atoms with E-state index in [2.05, 4.69) is 0 Å². The average Bonchev–Trinajstić information content (AvgIpc) is 2.73. The number of unbranched alkanes of at least 4 members (excludes halogenated alkanes) is 1. The lowest BCUT2D eigenvalue weighted by molar-refractivity contribution is -0.137. The first-order chi connectivity index (χ1) is 15.5. The fourth-order valence-electron chi connectivity index (χ4n) is 3.04. The quantitative estimate of drug-likeness (QED) is 0.173. The van der Waals surface area contributed by atoms with E-state index >= 15 is 0 Å². The number of aromatic carboxylic acids is 1. The van der Waals surface area contributed by atoms with Crippen molar-refractivity contribution in [3.05, 3.63) is 69.8 Å². The monoisotopic (exact) mass is 466 g/mol. The van der Waals surface area contributed by atoms with Crippen molar-refractivity contribution in [2.75, 3.05) is 13.3 Å². The molecule has 33 heavy (non-hydrogen) atoms. The van der Waals surface area contributed by atoms with Gasteiger partial charge in [0.15, 0.2) is 0 Å². The summed E-state index contributed by atoms with van der Waals surface area (Å²) in [6.07, 6.45) is 1.18. The molecule has 2 rings (SSSR count). The second-order valence-electron chi connectivity index (χ2n) is 7.65. The SMILES string of the molecule is CC(C)=CCc1c(OCCCCF)cc(C=Cc2ccc(C(F)(F)F)cc2)c(C(=O)O)c1O. The minimum atomic E-state index is -4.46. The lowest BCUT2D eigenvalue weighted by Gasteiger charge is -2.16. The smallest absolute Gasteiger partial charge is 0.416 e.